The minimum Gasteiger partial charge on any atom is -0.296 e. The highest BCUT2D eigenvalue weighted by atomic mass is 32.1. The number of carbonyl (C=O) groups is 1. The Bertz CT molecular complexity index is 716. The summed E-state index contributed by atoms with van der Waals surface area (Å²) in [6.45, 7) is 2.24. The van der Waals surface area contributed by atoms with Crippen molar-refractivity contribution in [3.05, 3.63) is 28.0 Å². The minimum atomic E-state index is -0.163. The van der Waals surface area contributed by atoms with Crippen LogP contribution in [0.5, 0.6) is 0 Å². The number of carbonyl (C=O) groups excluding carboxylic acids is 1. The van der Waals surface area contributed by atoms with Crippen LogP contribution >= 0.6 is 11.3 Å². The maximum absolute atomic E-state index is 12.3. The molecular weight excluding hydrogens is 308 g/mol. The standard InChI is InChI=1S/C17H22N4OS/c1-2-3-10-4-7-12-15(8-10)23-17(18-12)19-16(22)14-9-13(20-21-14)11-5-6-11/h9-11H,2-8H2,1H3,(H,20,21)(H,18,19,22). The summed E-state index contributed by atoms with van der Waals surface area (Å²) in [5.41, 5.74) is 2.72. The number of rotatable bonds is 5. The second kappa shape index (κ2) is 6.07. The quantitative estimate of drug-likeness (QED) is 0.873. The molecule has 1 saturated carbocycles. The number of aryl methyl sites for hydroxylation is 1. The topological polar surface area (TPSA) is 70.7 Å². The van der Waals surface area contributed by atoms with Gasteiger partial charge >= 0.3 is 0 Å². The van der Waals surface area contributed by atoms with Crippen LogP contribution in [0.15, 0.2) is 6.07 Å². The average Bonchev–Trinajstić information content (AvgIpc) is 3.12. The Morgan fingerprint density at radius 3 is 3.09 bits per heavy atom. The Morgan fingerprint density at radius 2 is 2.30 bits per heavy atom. The van der Waals surface area contributed by atoms with E-state index in [1.807, 2.05) is 6.07 Å². The SMILES string of the molecule is CCCC1CCc2nc(NC(=O)c3cc(C4CC4)[nH]n3)sc2C1. The molecule has 2 aliphatic rings. The summed E-state index contributed by atoms with van der Waals surface area (Å²) in [7, 11) is 0. The first-order valence-electron chi connectivity index (χ1n) is 8.58. The summed E-state index contributed by atoms with van der Waals surface area (Å²) in [6.07, 6.45) is 8.30. The number of aromatic nitrogens is 3. The smallest absolute Gasteiger partial charge is 0.277 e. The second-order valence-corrected chi connectivity index (χ2v) is 7.81. The number of fused-ring (bicyclic) bond motifs is 1. The van der Waals surface area contributed by atoms with Gasteiger partial charge in [0.2, 0.25) is 0 Å². The number of amides is 1. The fourth-order valence-electron chi connectivity index (χ4n) is 3.37. The second-order valence-electron chi connectivity index (χ2n) is 6.72. The van der Waals surface area contributed by atoms with Crippen LogP contribution in [0, 0.1) is 5.92 Å². The molecule has 0 saturated heterocycles. The number of H-pyrrole nitrogens is 1. The molecule has 2 aromatic heterocycles. The van der Waals surface area contributed by atoms with E-state index in [9.17, 15) is 4.79 Å². The molecule has 4 rings (SSSR count). The first-order chi connectivity index (χ1) is 11.2. The maximum atomic E-state index is 12.3. The van der Waals surface area contributed by atoms with Crippen LogP contribution in [0.2, 0.25) is 0 Å². The third kappa shape index (κ3) is 3.17. The summed E-state index contributed by atoms with van der Waals surface area (Å²) in [5.74, 6) is 1.19. The zero-order valence-electron chi connectivity index (χ0n) is 13.4. The van der Waals surface area contributed by atoms with Crippen molar-refractivity contribution in [2.45, 2.75) is 57.8 Å². The number of aromatic amines is 1. The fraction of sp³-hybridized carbons (Fsp3) is 0.588. The van der Waals surface area contributed by atoms with Crippen LogP contribution in [-0.2, 0) is 12.8 Å². The molecule has 2 heterocycles. The molecular formula is C17H22N4OS. The lowest BCUT2D eigenvalue weighted by Gasteiger charge is -2.19. The van der Waals surface area contributed by atoms with Crippen LogP contribution in [0.25, 0.3) is 0 Å². The van der Waals surface area contributed by atoms with Crippen molar-refractivity contribution in [2.24, 2.45) is 5.92 Å². The number of nitrogens with zero attached hydrogens (tertiary/aromatic N) is 2. The van der Waals surface area contributed by atoms with Gasteiger partial charge in [-0.3, -0.25) is 15.2 Å². The molecule has 1 amide bonds. The van der Waals surface area contributed by atoms with Gasteiger partial charge in [0.25, 0.3) is 5.91 Å². The van der Waals surface area contributed by atoms with Gasteiger partial charge in [0, 0.05) is 16.5 Å². The van der Waals surface area contributed by atoms with E-state index in [0.29, 0.717) is 16.7 Å². The van der Waals surface area contributed by atoms with E-state index in [0.717, 1.165) is 24.5 Å². The van der Waals surface area contributed by atoms with Crippen LogP contribution in [0.3, 0.4) is 0 Å². The summed E-state index contributed by atoms with van der Waals surface area (Å²) in [4.78, 5) is 18.3. The molecule has 5 nitrogen and oxygen atoms in total. The van der Waals surface area contributed by atoms with Gasteiger partial charge in [-0.25, -0.2) is 4.98 Å². The molecule has 23 heavy (non-hydrogen) atoms. The number of hydrogen-bond donors (Lipinski definition) is 2. The highest BCUT2D eigenvalue weighted by Crippen LogP contribution is 2.39. The first-order valence-corrected chi connectivity index (χ1v) is 9.39. The van der Waals surface area contributed by atoms with Gasteiger partial charge in [0.1, 0.15) is 0 Å². The summed E-state index contributed by atoms with van der Waals surface area (Å²) >= 11 is 1.63. The third-order valence-electron chi connectivity index (χ3n) is 4.81. The van der Waals surface area contributed by atoms with E-state index < -0.39 is 0 Å². The maximum Gasteiger partial charge on any atom is 0.277 e. The van der Waals surface area contributed by atoms with E-state index in [-0.39, 0.29) is 5.91 Å². The summed E-state index contributed by atoms with van der Waals surface area (Å²) < 4.78 is 0. The monoisotopic (exact) mass is 330 g/mol. The number of nitrogens with one attached hydrogen (secondary N) is 2. The minimum absolute atomic E-state index is 0.163. The van der Waals surface area contributed by atoms with Gasteiger partial charge in [-0.1, -0.05) is 19.8 Å². The summed E-state index contributed by atoms with van der Waals surface area (Å²) in [5, 5.41) is 10.7. The van der Waals surface area contributed by atoms with Crippen LogP contribution in [-0.4, -0.2) is 21.1 Å². The Kier molecular flexibility index (Phi) is 3.93. The van der Waals surface area contributed by atoms with E-state index in [1.54, 1.807) is 11.3 Å². The van der Waals surface area contributed by atoms with Crippen LogP contribution < -0.4 is 5.32 Å². The largest absolute Gasteiger partial charge is 0.296 e. The number of hydrogen-bond acceptors (Lipinski definition) is 4. The fourth-order valence-corrected chi connectivity index (χ4v) is 4.49. The predicted octanol–water partition coefficient (Wildman–Crippen LogP) is 3.90. The Hall–Kier alpha value is -1.69. The number of anilines is 1. The summed E-state index contributed by atoms with van der Waals surface area (Å²) in [6, 6.07) is 1.87. The van der Waals surface area contributed by atoms with E-state index in [4.69, 9.17) is 0 Å². The van der Waals surface area contributed by atoms with Gasteiger partial charge in [-0.2, -0.15) is 5.10 Å². The number of thiazole rings is 1. The van der Waals surface area contributed by atoms with Crippen molar-refractivity contribution in [2.75, 3.05) is 5.32 Å². The molecule has 6 heteroatoms. The Labute approximate surface area is 139 Å². The highest BCUT2D eigenvalue weighted by Gasteiger charge is 2.27. The van der Waals surface area contributed by atoms with Gasteiger partial charge in [-0.15, -0.1) is 11.3 Å². The lowest BCUT2D eigenvalue weighted by atomic mass is 9.88. The zero-order valence-corrected chi connectivity index (χ0v) is 14.2. The van der Waals surface area contributed by atoms with Crippen molar-refractivity contribution in [1.82, 2.24) is 15.2 Å². The molecule has 2 aromatic rings. The van der Waals surface area contributed by atoms with Crippen LogP contribution in [0.4, 0.5) is 5.13 Å². The van der Waals surface area contributed by atoms with Gasteiger partial charge in [0.15, 0.2) is 10.8 Å². The Balaban J connectivity index is 1.43. The third-order valence-corrected chi connectivity index (χ3v) is 5.84. The van der Waals surface area contributed by atoms with Crippen LogP contribution in [0.1, 0.15) is 71.7 Å². The predicted molar refractivity (Wildman–Crippen MR) is 91.1 cm³/mol. The Morgan fingerprint density at radius 1 is 1.43 bits per heavy atom. The molecule has 1 unspecified atom stereocenters. The van der Waals surface area contributed by atoms with E-state index >= 15 is 0 Å². The molecule has 2 N–H and O–H groups in total. The van der Waals surface area contributed by atoms with Gasteiger partial charge in [0.05, 0.1) is 5.69 Å². The molecule has 0 aromatic carbocycles. The lowest BCUT2D eigenvalue weighted by Crippen LogP contribution is -2.13. The van der Waals surface area contributed by atoms with Crippen molar-refractivity contribution >= 4 is 22.4 Å². The molecule has 2 aliphatic carbocycles. The zero-order chi connectivity index (χ0) is 15.8. The normalized spacial score (nSPS) is 20.3. The van der Waals surface area contributed by atoms with E-state index in [1.165, 1.54) is 42.7 Å². The lowest BCUT2D eigenvalue weighted by molar-refractivity contribution is 0.102. The average molecular weight is 330 g/mol. The molecule has 0 aliphatic heterocycles. The van der Waals surface area contributed by atoms with Crippen molar-refractivity contribution in [1.29, 1.82) is 0 Å². The van der Waals surface area contributed by atoms with Crippen molar-refractivity contribution in [3.63, 3.8) is 0 Å². The van der Waals surface area contributed by atoms with Crippen molar-refractivity contribution in [3.8, 4) is 0 Å². The highest BCUT2D eigenvalue weighted by molar-refractivity contribution is 7.15. The molecule has 0 spiro atoms. The van der Waals surface area contributed by atoms with E-state index in [2.05, 4.69) is 27.4 Å². The molecule has 1 fully saturated rings. The first kappa shape index (κ1) is 14.9. The van der Waals surface area contributed by atoms with Gasteiger partial charge < -0.3 is 0 Å². The molecule has 1 atom stereocenters. The molecule has 122 valence electrons. The van der Waals surface area contributed by atoms with Gasteiger partial charge in [-0.05, 0) is 44.1 Å². The van der Waals surface area contributed by atoms with Crippen molar-refractivity contribution < 1.29 is 4.79 Å². The molecule has 0 bridgehead atoms. The molecule has 0 radical (unpaired) electrons.